The van der Waals surface area contributed by atoms with Gasteiger partial charge in [-0.2, -0.15) is 9.57 Å². The van der Waals surface area contributed by atoms with E-state index in [0.717, 1.165) is 42.7 Å². The molecule has 2 aliphatic heterocycles. The fourth-order valence-electron chi connectivity index (χ4n) is 5.80. The number of nitrogens with zero attached hydrogens (tertiary/aromatic N) is 5. The summed E-state index contributed by atoms with van der Waals surface area (Å²) in [5.74, 6) is 0.268. The van der Waals surface area contributed by atoms with Gasteiger partial charge in [-0.15, -0.1) is 0 Å². The van der Waals surface area contributed by atoms with Crippen LogP contribution in [0, 0.1) is 17.2 Å². The average molecular weight is 551 g/mol. The van der Waals surface area contributed by atoms with Gasteiger partial charge in [-0.1, -0.05) is 24.3 Å². The number of amides is 1. The van der Waals surface area contributed by atoms with Gasteiger partial charge in [-0.25, -0.2) is 13.4 Å². The smallest absolute Gasteiger partial charge is 0.244 e. The molecule has 10 nitrogen and oxygen atoms in total. The van der Waals surface area contributed by atoms with E-state index in [1.807, 2.05) is 29.2 Å². The van der Waals surface area contributed by atoms with Crippen LogP contribution in [0.2, 0.25) is 0 Å². The standard InChI is InChI=1S/C28H34N6O4S/c1-38-15-7-14-34-25-11-4-3-10-24(25)31-27(34)21-9-6-13-32(17-21)28(35)22-18-33(19-23(22)30)39(36,37)26-12-5-2-8-20(26)16-29/h2-5,8,10-12,21-23H,6-7,9,13-15,17-19,30H2,1H3/t21?,22-,23-/m1/s1. The van der Waals surface area contributed by atoms with Crippen LogP contribution in [-0.4, -0.2) is 79.0 Å². The van der Waals surface area contributed by atoms with Crippen LogP contribution < -0.4 is 5.73 Å². The molecule has 3 atom stereocenters. The van der Waals surface area contributed by atoms with E-state index in [0.29, 0.717) is 19.7 Å². The number of para-hydroxylation sites is 2. The van der Waals surface area contributed by atoms with E-state index in [-0.39, 0.29) is 35.4 Å². The van der Waals surface area contributed by atoms with Crippen molar-refractivity contribution in [3.63, 3.8) is 0 Å². The molecule has 0 bridgehead atoms. The second kappa shape index (κ2) is 11.4. The molecule has 11 heteroatoms. The lowest BCUT2D eigenvalue weighted by molar-refractivity contribution is -0.136. The summed E-state index contributed by atoms with van der Waals surface area (Å²) >= 11 is 0. The number of methoxy groups -OCH3 is 1. The third-order valence-electron chi connectivity index (χ3n) is 7.79. The van der Waals surface area contributed by atoms with Gasteiger partial charge in [-0.3, -0.25) is 4.79 Å². The van der Waals surface area contributed by atoms with E-state index >= 15 is 0 Å². The first kappa shape index (κ1) is 27.3. The van der Waals surface area contributed by atoms with Crippen LogP contribution in [0.25, 0.3) is 11.0 Å². The Labute approximate surface area is 229 Å². The Morgan fingerprint density at radius 2 is 1.92 bits per heavy atom. The maximum absolute atomic E-state index is 13.7. The molecule has 2 aliphatic rings. The van der Waals surface area contributed by atoms with Gasteiger partial charge in [0.15, 0.2) is 0 Å². The first-order valence-electron chi connectivity index (χ1n) is 13.3. The molecule has 1 amide bonds. The van der Waals surface area contributed by atoms with Crippen molar-refractivity contribution in [3.05, 3.63) is 59.9 Å². The second-order valence-electron chi connectivity index (χ2n) is 10.3. The van der Waals surface area contributed by atoms with Crippen molar-refractivity contribution in [2.75, 3.05) is 39.9 Å². The number of carbonyl (C=O) groups is 1. The summed E-state index contributed by atoms with van der Waals surface area (Å²) in [6.45, 7) is 2.58. The molecular formula is C28H34N6O4S. The second-order valence-corrected chi connectivity index (χ2v) is 12.2. The van der Waals surface area contributed by atoms with Crippen molar-refractivity contribution in [1.29, 1.82) is 5.26 Å². The lowest BCUT2D eigenvalue weighted by Crippen LogP contribution is -2.47. The minimum atomic E-state index is -3.96. The normalized spacial score (nSPS) is 22.3. The highest BCUT2D eigenvalue weighted by molar-refractivity contribution is 7.89. The molecule has 3 aromatic rings. The summed E-state index contributed by atoms with van der Waals surface area (Å²) in [6, 6.07) is 15.5. The maximum atomic E-state index is 13.7. The number of sulfonamides is 1. The van der Waals surface area contributed by atoms with Gasteiger partial charge in [0.2, 0.25) is 15.9 Å². The number of carbonyl (C=O) groups excluding carboxylic acids is 1. The topological polar surface area (TPSA) is 135 Å². The third kappa shape index (κ3) is 5.30. The summed E-state index contributed by atoms with van der Waals surface area (Å²) < 4.78 is 35.4. The Bertz CT molecular complexity index is 1500. The molecule has 0 radical (unpaired) electrons. The maximum Gasteiger partial charge on any atom is 0.244 e. The largest absolute Gasteiger partial charge is 0.385 e. The number of imidazole rings is 1. The van der Waals surface area contributed by atoms with Gasteiger partial charge >= 0.3 is 0 Å². The molecule has 0 aliphatic carbocycles. The molecule has 1 aromatic heterocycles. The summed E-state index contributed by atoms with van der Waals surface area (Å²) in [7, 11) is -2.27. The van der Waals surface area contributed by atoms with Crippen molar-refractivity contribution in [2.45, 2.75) is 42.7 Å². The molecule has 2 N–H and O–H groups in total. The predicted octanol–water partition coefficient (Wildman–Crippen LogP) is 2.30. The van der Waals surface area contributed by atoms with Crippen LogP contribution in [0.3, 0.4) is 0 Å². The van der Waals surface area contributed by atoms with Crippen molar-refractivity contribution < 1.29 is 17.9 Å². The van der Waals surface area contributed by atoms with E-state index in [4.69, 9.17) is 15.5 Å². The van der Waals surface area contributed by atoms with Crippen LogP contribution in [0.1, 0.15) is 36.6 Å². The summed E-state index contributed by atoms with van der Waals surface area (Å²) in [5.41, 5.74) is 8.45. The molecule has 5 rings (SSSR count). The van der Waals surface area contributed by atoms with Gasteiger partial charge in [0.05, 0.1) is 27.4 Å². The lowest BCUT2D eigenvalue weighted by atomic mass is 9.94. The van der Waals surface area contributed by atoms with Gasteiger partial charge in [0.1, 0.15) is 11.9 Å². The van der Waals surface area contributed by atoms with E-state index in [1.54, 1.807) is 19.2 Å². The fourth-order valence-corrected chi connectivity index (χ4v) is 7.45. The van der Waals surface area contributed by atoms with Gasteiger partial charge < -0.3 is 19.9 Å². The number of ether oxygens (including phenoxy) is 1. The van der Waals surface area contributed by atoms with Gasteiger partial charge in [-0.05, 0) is 43.5 Å². The average Bonchev–Trinajstić information content (AvgIpc) is 3.54. The number of hydrogen-bond donors (Lipinski definition) is 1. The SMILES string of the molecule is COCCCn1c(C2CCCN(C(=O)[C@@H]3CN(S(=O)(=O)c4ccccc4C#N)C[C@H]3N)C2)nc2ccccc21. The minimum Gasteiger partial charge on any atom is -0.385 e. The number of likely N-dealkylation sites (tertiary alicyclic amines) is 1. The molecule has 206 valence electrons. The number of benzene rings is 2. The van der Waals surface area contributed by atoms with Gasteiger partial charge in [0.25, 0.3) is 0 Å². The molecule has 2 fully saturated rings. The Morgan fingerprint density at radius 1 is 1.15 bits per heavy atom. The molecule has 39 heavy (non-hydrogen) atoms. The molecular weight excluding hydrogens is 516 g/mol. The molecule has 2 saturated heterocycles. The summed E-state index contributed by atoms with van der Waals surface area (Å²) in [5, 5.41) is 9.40. The molecule has 3 heterocycles. The Balaban J connectivity index is 1.34. The Kier molecular flexibility index (Phi) is 8.00. The number of piperidine rings is 1. The van der Waals surface area contributed by atoms with Crippen LogP contribution in [0.4, 0.5) is 0 Å². The zero-order valence-electron chi connectivity index (χ0n) is 22.1. The lowest BCUT2D eigenvalue weighted by Gasteiger charge is -2.35. The van der Waals surface area contributed by atoms with Gasteiger partial charge in [0, 0.05) is 58.4 Å². The van der Waals surface area contributed by atoms with E-state index in [9.17, 15) is 18.5 Å². The van der Waals surface area contributed by atoms with Crippen LogP contribution in [-0.2, 0) is 26.1 Å². The first-order chi connectivity index (χ1) is 18.8. The number of hydrogen-bond acceptors (Lipinski definition) is 7. The first-order valence-corrected chi connectivity index (χ1v) is 14.8. The highest BCUT2D eigenvalue weighted by Crippen LogP contribution is 2.32. The molecule has 0 saturated carbocycles. The molecule has 0 spiro atoms. The van der Waals surface area contributed by atoms with Crippen molar-refractivity contribution in [1.82, 2.24) is 18.8 Å². The minimum absolute atomic E-state index is 0.00120. The quantitative estimate of drug-likeness (QED) is 0.425. The highest BCUT2D eigenvalue weighted by Gasteiger charge is 2.44. The summed E-state index contributed by atoms with van der Waals surface area (Å²) in [6.07, 6.45) is 2.60. The number of nitriles is 1. The molecule has 2 aromatic carbocycles. The van der Waals surface area contributed by atoms with Crippen molar-refractivity contribution in [2.24, 2.45) is 11.7 Å². The monoisotopic (exact) mass is 550 g/mol. The fraction of sp³-hybridized carbons (Fsp3) is 0.464. The van der Waals surface area contributed by atoms with Crippen molar-refractivity contribution in [3.8, 4) is 6.07 Å². The van der Waals surface area contributed by atoms with Crippen LogP contribution >= 0.6 is 0 Å². The molecule has 1 unspecified atom stereocenters. The van der Waals surface area contributed by atoms with E-state index < -0.39 is 22.0 Å². The number of rotatable bonds is 8. The van der Waals surface area contributed by atoms with E-state index in [1.165, 1.54) is 16.4 Å². The zero-order valence-corrected chi connectivity index (χ0v) is 22.9. The highest BCUT2D eigenvalue weighted by atomic mass is 32.2. The summed E-state index contributed by atoms with van der Waals surface area (Å²) in [4.78, 5) is 20.5. The zero-order chi connectivity index (χ0) is 27.6. The number of aromatic nitrogens is 2. The Hall–Kier alpha value is -3.30. The van der Waals surface area contributed by atoms with E-state index in [2.05, 4.69) is 10.6 Å². The number of nitrogens with two attached hydrogens (primary N) is 1. The van der Waals surface area contributed by atoms with Crippen LogP contribution in [0.15, 0.2) is 53.4 Å². The van der Waals surface area contributed by atoms with Crippen LogP contribution in [0.5, 0.6) is 0 Å². The predicted molar refractivity (Wildman–Crippen MR) is 146 cm³/mol. The Morgan fingerprint density at radius 3 is 2.72 bits per heavy atom. The number of fused-ring (bicyclic) bond motifs is 1. The van der Waals surface area contributed by atoms with Crippen molar-refractivity contribution >= 4 is 27.0 Å². The number of aryl methyl sites for hydroxylation is 1. The third-order valence-corrected chi connectivity index (χ3v) is 9.68.